The third kappa shape index (κ3) is 2.50. The van der Waals surface area contributed by atoms with Crippen LogP contribution in [0.3, 0.4) is 0 Å². The summed E-state index contributed by atoms with van der Waals surface area (Å²) in [6.45, 7) is 1.11. The average molecular weight is 277 g/mol. The Labute approximate surface area is 120 Å². The molecule has 1 saturated carbocycles. The maximum atomic E-state index is 9.89. The molecule has 2 aliphatic rings. The van der Waals surface area contributed by atoms with Gasteiger partial charge in [0, 0.05) is 17.3 Å². The normalized spacial score (nSPS) is 24.6. The predicted octanol–water partition coefficient (Wildman–Crippen LogP) is 3.64. The molecule has 1 aromatic carbocycles. The van der Waals surface area contributed by atoms with E-state index < -0.39 is 0 Å². The van der Waals surface area contributed by atoms with Crippen molar-refractivity contribution < 1.29 is 5.11 Å². The van der Waals surface area contributed by atoms with E-state index in [4.69, 9.17) is 0 Å². The lowest BCUT2D eigenvalue weighted by Gasteiger charge is -2.29. The van der Waals surface area contributed by atoms with Gasteiger partial charge < -0.3 is 10.4 Å². The first-order valence-electron chi connectivity index (χ1n) is 7.33. The molecule has 2 nitrogen and oxygen atoms in total. The van der Waals surface area contributed by atoms with Crippen LogP contribution in [0, 0.1) is 0 Å². The van der Waals surface area contributed by atoms with Gasteiger partial charge in [0.1, 0.15) is 5.75 Å². The van der Waals surface area contributed by atoms with E-state index in [2.05, 4.69) is 17.6 Å². The second-order valence-electron chi connectivity index (χ2n) is 5.91. The highest BCUT2D eigenvalue weighted by atomic mass is 32.2. The highest BCUT2D eigenvalue weighted by Gasteiger charge is 2.34. The molecule has 1 atom stereocenters. The maximum absolute atomic E-state index is 9.89. The van der Waals surface area contributed by atoms with Gasteiger partial charge in [-0.25, -0.2) is 0 Å². The van der Waals surface area contributed by atoms with Gasteiger partial charge in [0.2, 0.25) is 0 Å². The molecule has 0 spiro atoms. The van der Waals surface area contributed by atoms with E-state index >= 15 is 0 Å². The summed E-state index contributed by atoms with van der Waals surface area (Å²) in [4.78, 5) is 0. The predicted molar refractivity (Wildman–Crippen MR) is 81.9 cm³/mol. The van der Waals surface area contributed by atoms with Gasteiger partial charge in [-0.05, 0) is 49.1 Å². The molecule has 2 aliphatic carbocycles. The molecule has 3 rings (SSSR count). The smallest absolute Gasteiger partial charge is 0.119 e. The van der Waals surface area contributed by atoms with Crippen LogP contribution in [-0.4, -0.2) is 22.7 Å². The second-order valence-corrected chi connectivity index (χ2v) is 7.19. The first-order chi connectivity index (χ1) is 9.24. The number of fused-ring (bicyclic) bond motifs is 1. The maximum Gasteiger partial charge on any atom is 0.119 e. The van der Waals surface area contributed by atoms with E-state index in [1.165, 1.54) is 31.2 Å². The summed E-state index contributed by atoms with van der Waals surface area (Å²) in [6.07, 6.45) is 9.83. The summed E-state index contributed by atoms with van der Waals surface area (Å²) in [7, 11) is 0. The highest BCUT2D eigenvalue weighted by Crippen LogP contribution is 2.41. The highest BCUT2D eigenvalue weighted by molar-refractivity contribution is 8.00. The minimum atomic E-state index is 0.437. The van der Waals surface area contributed by atoms with Gasteiger partial charge in [-0.2, -0.15) is 11.8 Å². The van der Waals surface area contributed by atoms with Crippen LogP contribution in [-0.2, 0) is 6.42 Å². The molecule has 0 aromatic heterocycles. The SMILES string of the molecule is CSC1(CNC2CCc3c(O)cccc32)CCCC1. The molecule has 0 amide bonds. The Morgan fingerprint density at radius 3 is 2.89 bits per heavy atom. The van der Waals surface area contributed by atoms with Crippen LogP contribution in [0.2, 0.25) is 0 Å². The Balaban J connectivity index is 1.68. The molecule has 1 unspecified atom stereocenters. The second kappa shape index (κ2) is 5.37. The zero-order valence-electron chi connectivity index (χ0n) is 11.6. The van der Waals surface area contributed by atoms with Crippen molar-refractivity contribution in [2.75, 3.05) is 12.8 Å². The van der Waals surface area contributed by atoms with Crippen LogP contribution in [0.4, 0.5) is 0 Å². The molecule has 1 fully saturated rings. The van der Waals surface area contributed by atoms with Gasteiger partial charge in [0.25, 0.3) is 0 Å². The van der Waals surface area contributed by atoms with Crippen molar-refractivity contribution in [3.8, 4) is 5.75 Å². The van der Waals surface area contributed by atoms with Crippen molar-refractivity contribution in [2.24, 2.45) is 0 Å². The van der Waals surface area contributed by atoms with Crippen LogP contribution >= 0.6 is 11.8 Å². The number of phenols is 1. The largest absolute Gasteiger partial charge is 0.508 e. The Morgan fingerprint density at radius 1 is 1.37 bits per heavy atom. The van der Waals surface area contributed by atoms with E-state index in [9.17, 15) is 5.11 Å². The average Bonchev–Trinajstić information content (AvgIpc) is 3.04. The summed E-state index contributed by atoms with van der Waals surface area (Å²) in [5, 5.41) is 13.7. The fraction of sp³-hybridized carbons (Fsp3) is 0.625. The van der Waals surface area contributed by atoms with E-state index in [0.717, 1.165) is 24.9 Å². The Kier molecular flexibility index (Phi) is 3.77. The molecule has 1 aromatic rings. The van der Waals surface area contributed by atoms with Crippen molar-refractivity contribution in [3.63, 3.8) is 0 Å². The summed E-state index contributed by atoms with van der Waals surface area (Å²) < 4.78 is 0.458. The van der Waals surface area contributed by atoms with Crippen LogP contribution in [0.15, 0.2) is 18.2 Å². The molecule has 104 valence electrons. The first kappa shape index (κ1) is 13.3. The number of benzene rings is 1. The van der Waals surface area contributed by atoms with E-state index in [1.54, 1.807) is 0 Å². The van der Waals surface area contributed by atoms with E-state index in [1.807, 2.05) is 23.9 Å². The summed E-state index contributed by atoms with van der Waals surface area (Å²) in [6, 6.07) is 6.38. The lowest BCUT2D eigenvalue weighted by molar-refractivity contribution is 0.465. The topological polar surface area (TPSA) is 32.3 Å². The standard InChI is InChI=1S/C16H23NOS/c1-19-16(9-2-3-10-16)11-17-14-8-7-13-12(14)5-4-6-15(13)18/h4-6,14,17-18H,2-3,7-11H2,1H3. The first-order valence-corrected chi connectivity index (χ1v) is 8.56. The minimum Gasteiger partial charge on any atom is -0.508 e. The number of aromatic hydroxyl groups is 1. The van der Waals surface area contributed by atoms with Crippen molar-refractivity contribution in [3.05, 3.63) is 29.3 Å². The molecular weight excluding hydrogens is 254 g/mol. The molecule has 0 heterocycles. The van der Waals surface area contributed by atoms with Crippen LogP contribution in [0.5, 0.6) is 5.75 Å². The molecule has 19 heavy (non-hydrogen) atoms. The van der Waals surface area contributed by atoms with Gasteiger partial charge in [0.15, 0.2) is 0 Å². The number of thioether (sulfide) groups is 1. The zero-order chi connectivity index (χ0) is 13.3. The van der Waals surface area contributed by atoms with E-state index in [0.29, 0.717) is 16.5 Å². The zero-order valence-corrected chi connectivity index (χ0v) is 12.4. The van der Waals surface area contributed by atoms with Crippen molar-refractivity contribution >= 4 is 11.8 Å². The fourth-order valence-electron chi connectivity index (χ4n) is 3.63. The van der Waals surface area contributed by atoms with Crippen LogP contribution in [0.1, 0.15) is 49.3 Å². The van der Waals surface area contributed by atoms with Crippen molar-refractivity contribution in [1.29, 1.82) is 0 Å². The molecule has 0 saturated heterocycles. The van der Waals surface area contributed by atoms with Gasteiger partial charge in [0.05, 0.1) is 0 Å². The molecular formula is C16H23NOS. The number of rotatable bonds is 4. The van der Waals surface area contributed by atoms with Crippen LogP contribution < -0.4 is 5.32 Å². The fourth-order valence-corrected chi connectivity index (χ4v) is 4.55. The lowest BCUT2D eigenvalue weighted by Crippen LogP contribution is -2.36. The quantitative estimate of drug-likeness (QED) is 0.881. The number of nitrogens with one attached hydrogen (secondary N) is 1. The molecule has 3 heteroatoms. The van der Waals surface area contributed by atoms with Crippen molar-refractivity contribution in [2.45, 2.75) is 49.3 Å². The van der Waals surface area contributed by atoms with Gasteiger partial charge in [-0.1, -0.05) is 25.0 Å². The van der Waals surface area contributed by atoms with Crippen LogP contribution in [0.25, 0.3) is 0 Å². The Morgan fingerprint density at radius 2 is 2.16 bits per heavy atom. The lowest BCUT2D eigenvalue weighted by atomic mass is 10.0. The molecule has 0 radical (unpaired) electrons. The van der Waals surface area contributed by atoms with Gasteiger partial charge in [-0.3, -0.25) is 0 Å². The van der Waals surface area contributed by atoms with E-state index in [-0.39, 0.29) is 0 Å². The summed E-state index contributed by atoms with van der Waals surface area (Å²) in [5.74, 6) is 0.474. The Bertz CT molecular complexity index is 454. The van der Waals surface area contributed by atoms with Gasteiger partial charge in [-0.15, -0.1) is 0 Å². The third-order valence-corrected chi connectivity index (χ3v) is 6.28. The van der Waals surface area contributed by atoms with Gasteiger partial charge >= 0.3 is 0 Å². The minimum absolute atomic E-state index is 0.437. The van der Waals surface area contributed by atoms with Crippen molar-refractivity contribution in [1.82, 2.24) is 5.32 Å². The Hall–Kier alpha value is -0.670. The number of hydrogen-bond donors (Lipinski definition) is 2. The molecule has 2 N–H and O–H groups in total. The summed E-state index contributed by atoms with van der Waals surface area (Å²) in [5.41, 5.74) is 2.47. The molecule has 0 aliphatic heterocycles. The monoisotopic (exact) mass is 277 g/mol. The number of hydrogen-bond acceptors (Lipinski definition) is 3. The third-order valence-electron chi connectivity index (χ3n) is 4.86. The summed E-state index contributed by atoms with van der Waals surface area (Å²) >= 11 is 2.04. The molecule has 0 bridgehead atoms. The number of phenolic OH excluding ortho intramolecular Hbond substituents is 1.